The maximum absolute atomic E-state index is 13.1. The molecule has 2 aliphatic heterocycles. The molecular weight excluding hydrogens is 735 g/mol. The van der Waals surface area contributed by atoms with Crippen LogP contribution in [0.25, 0.3) is 0 Å². The number of cyclic esters (lactones) is 2. The van der Waals surface area contributed by atoms with Gasteiger partial charge in [-0.05, 0) is 66.7 Å². The van der Waals surface area contributed by atoms with E-state index in [0.717, 1.165) is 61.8 Å². The minimum atomic E-state index is -0.979. The second-order valence-electron chi connectivity index (χ2n) is 16.1. The predicted octanol–water partition coefficient (Wildman–Crippen LogP) is 8.63. The molecule has 0 fully saturated rings. The van der Waals surface area contributed by atoms with E-state index in [0.29, 0.717) is 11.1 Å². The van der Waals surface area contributed by atoms with E-state index in [1.807, 2.05) is 142 Å². The zero-order chi connectivity index (χ0) is 42.2. The summed E-state index contributed by atoms with van der Waals surface area (Å²) in [7, 11) is 20.0. The molecule has 0 atom stereocenters. The van der Waals surface area contributed by atoms with Crippen molar-refractivity contribution in [2.75, 3.05) is 95.0 Å². The summed E-state index contributed by atoms with van der Waals surface area (Å²) in [6.45, 7) is 0. The van der Waals surface area contributed by atoms with Crippen LogP contribution in [0.2, 0.25) is 0 Å². The fraction of sp³-hybridized carbons (Fsp3) is 0.240. The fourth-order valence-electron chi connectivity index (χ4n) is 7.92. The lowest BCUT2D eigenvalue weighted by Gasteiger charge is -2.31. The van der Waals surface area contributed by atoms with Crippen molar-refractivity contribution < 1.29 is 19.1 Å². The Morgan fingerprint density at radius 2 is 0.627 bits per heavy atom. The van der Waals surface area contributed by atoms with Crippen LogP contribution >= 0.6 is 0 Å². The van der Waals surface area contributed by atoms with Crippen LogP contribution in [0, 0.1) is 0 Å². The average molecular weight is 788 g/mol. The number of nitrogens with zero attached hydrogens (tertiary/aromatic N) is 5. The Labute approximate surface area is 348 Å². The van der Waals surface area contributed by atoms with Crippen LogP contribution < -0.4 is 24.5 Å². The molecule has 0 N–H and O–H groups in total. The topological polar surface area (TPSA) is 68.8 Å². The van der Waals surface area contributed by atoms with Gasteiger partial charge in [0.15, 0.2) is 11.2 Å². The summed E-state index contributed by atoms with van der Waals surface area (Å²) < 4.78 is 12.4. The number of benzene rings is 6. The zero-order valence-corrected chi connectivity index (χ0v) is 35.6. The van der Waals surface area contributed by atoms with Crippen molar-refractivity contribution in [2.24, 2.45) is 0 Å². The van der Waals surface area contributed by atoms with Gasteiger partial charge in [0.05, 0.1) is 11.1 Å². The molecule has 302 valence electrons. The Hall–Kier alpha value is -6.74. The monoisotopic (exact) mass is 787 g/mol. The molecule has 9 heteroatoms. The van der Waals surface area contributed by atoms with E-state index in [2.05, 4.69) is 92.4 Å². The highest BCUT2D eigenvalue weighted by atomic mass is 16.6. The van der Waals surface area contributed by atoms with Crippen molar-refractivity contribution in [3.05, 3.63) is 184 Å². The minimum Gasteiger partial charge on any atom is -0.441 e. The highest BCUT2D eigenvalue weighted by molar-refractivity contribution is 5.98. The number of ether oxygens (including phenoxy) is 2. The molecule has 0 aliphatic carbocycles. The van der Waals surface area contributed by atoms with Gasteiger partial charge in [-0.1, -0.05) is 72.8 Å². The van der Waals surface area contributed by atoms with Gasteiger partial charge in [0, 0.05) is 132 Å². The molecule has 6 aromatic carbocycles. The van der Waals surface area contributed by atoms with Gasteiger partial charge in [-0.3, -0.25) is 0 Å². The standard InChI is InChI=1S/C26H29N3O2.C24H24N2O2/c1-27(2)20-11-7-18(8-12-20)26(19-9-13-21(14-10-19)28(3)4)24-16-15-22(29(5)6)17-23(24)25(30)31-26;1-25(2)19-13-9-17(10-14-19)24(18-11-15-20(16-12-18)26(3)4)22-8-6-5-7-21(22)23(27)28-24/h7-17H,1-6H3;5-16H,1-4H3. The molecule has 59 heavy (non-hydrogen) atoms. The molecule has 6 aromatic rings. The largest absolute Gasteiger partial charge is 0.441 e. The third kappa shape index (κ3) is 7.22. The van der Waals surface area contributed by atoms with Crippen LogP contribution in [0.5, 0.6) is 0 Å². The Kier molecular flexibility index (Phi) is 10.9. The number of hydrogen-bond donors (Lipinski definition) is 0. The van der Waals surface area contributed by atoms with Gasteiger partial charge in [0.1, 0.15) is 0 Å². The second kappa shape index (κ2) is 15.9. The van der Waals surface area contributed by atoms with E-state index in [9.17, 15) is 9.59 Å². The molecule has 0 saturated carbocycles. The number of carbonyl (C=O) groups is 2. The number of anilines is 5. The van der Waals surface area contributed by atoms with E-state index >= 15 is 0 Å². The van der Waals surface area contributed by atoms with Crippen molar-refractivity contribution >= 4 is 40.4 Å². The highest BCUT2D eigenvalue weighted by Gasteiger charge is 2.50. The Morgan fingerprint density at radius 3 is 0.966 bits per heavy atom. The first-order chi connectivity index (χ1) is 28.2. The van der Waals surface area contributed by atoms with Crippen molar-refractivity contribution in [2.45, 2.75) is 11.2 Å². The molecular formula is C50H53N5O4. The average Bonchev–Trinajstić information content (AvgIpc) is 3.72. The summed E-state index contributed by atoms with van der Waals surface area (Å²) in [6, 6.07) is 46.5. The molecule has 0 bridgehead atoms. The molecule has 2 aliphatic rings. The summed E-state index contributed by atoms with van der Waals surface area (Å²) in [5.74, 6) is -0.587. The number of fused-ring (bicyclic) bond motifs is 2. The van der Waals surface area contributed by atoms with Crippen LogP contribution in [0.15, 0.2) is 140 Å². The summed E-state index contributed by atoms with van der Waals surface area (Å²) in [4.78, 5) is 36.0. The molecule has 2 heterocycles. The molecule has 0 amide bonds. The number of esters is 2. The van der Waals surface area contributed by atoms with Gasteiger partial charge in [-0.25, -0.2) is 9.59 Å². The predicted molar refractivity (Wildman–Crippen MR) is 241 cm³/mol. The Balaban J connectivity index is 0.000000180. The van der Waals surface area contributed by atoms with Gasteiger partial charge < -0.3 is 34.0 Å². The van der Waals surface area contributed by atoms with Crippen molar-refractivity contribution in [3.8, 4) is 0 Å². The first-order valence-corrected chi connectivity index (χ1v) is 19.7. The van der Waals surface area contributed by atoms with Crippen molar-refractivity contribution in [3.63, 3.8) is 0 Å². The van der Waals surface area contributed by atoms with Gasteiger partial charge in [0.2, 0.25) is 0 Å². The van der Waals surface area contributed by atoms with E-state index < -0.39 is 11.2 Å². The smallest absolute Gasteiger partial charge is 0.340 e. The highest BCUT2D eigenvalue weighted by Crippen LogP contribution is 2.49. The third-order valence-corrected chi connectivity index (χ3v) is 11.3. The lowest BCUT2D eigenvalue weighted by Crippen LogP contribution is -2.29. The van der Waals surface area contributed by atoms with Crippen LogP contribution in [0.4, 0.5) is 28.4 Å². The van der Waals surface area contributed by atoms with E-state index in [1.54, 1.807) is 0 Å². The molecule has 0 radical (unpaired) electrons. The molecule has 8 rings (SSSR count). The minimum absolute atomic E-state index is 0.288. The summed E-state index contributed by atoms with van der Waals surface area (Å²) in [5, 5.41) is 0. The first kappa shape index (κ1) is 40.5. The molecule has 0 saturated heterocycles. The van der Waals surface area contributed by atoms with Gasteiger partial charge in [-0.2, -0.15) is 0 Å². The quantitative estimate of drug-likeness (QED) is 0.134. The molecule has 9 nitrogen and oxygen atoms in total. The van der Waals surface area contributed by atoms with E-state index in [-0.39, 0.29) is 11.9 Å². The fourth-order valence-corrected chi connectivity index (χ4v) is 7.92. The van der Waals surface area contributed by atoms with Gasteiger partial charge in [-0.15, -0.1) is 0 Å². The van der Waals surface area contributed by atoms with Gasteiger partial charge in [0.25, 0.3) is 0 Å². The van der Waals surface area contributed by atoms with Crippen LogP contribution in [0.1, 0.15) is 54.1 Å². The van der Waals surface area contributed by atoms with Crippen LogP contribution in [0.3, 0.4) is 0 Å². The summed E-state index contributed by atoms with van der Waals surface area (Å²) in [6.07, 6.45) is 0. The van der Waals surface area contributed by atoms with Crippen molar-refractivity contribution in [1.82, 2.24) is 0 Å². The lowest BCUT2D eigenvalue weighted by molar-refractivity contribution is 0.0242. The number of carbonyl (C=O) groups excluding carboxylic acids is 2. The maximum atomic E-state index is 13.1. The lowest BCUT2D eigenvalue weighted by atomic mass is 9.79. The molecule has 0 aromatic heterocycles. The summed E-state index contributed by atoms with van der Waals surface area (Å²) >= 11 is 0. The normalized spacial score (nSPS) is 14.2. The van der Waals surface area contributed by atoms with Crippen molar-refractivity contribution in [1.29, 1.82) is 0 Å². The Bertz CT molecular complexity index is 2350. The SMILES string of the molecule is CN(C)c1ccc(C2(c3ccc(N(C)C)cc3)OC(=O)c3cc(N(C)C)ccc32)cc1.CN(C)c1ccc(C2(c3ccc(N(C)C)cc3)OC(=O)c3ccccc32)cc1. The van der Waals surface area contributed by atoms with Gasteiger partial charge >= 0.3 is 11.9 Å². The van der Waals surface area contributed by atoms with E-state index in [1.165, 1.54) is 0 Å². The summed E-state index contributed by atoms with van der Waals surface area (Å²) in [5.41, 5.74) is 10.2. The third-order valence-electron chi connectivity index (χ3n) is 11.3. The first-order valence-electron chi connectivity index (χ1n) is 19.7. The maximum Gasteiger partial charge on any atom is 0.340 e. The van der Waals surface area contributed by atoms with Crippen LogP contribution in [-0.4, -0.2) is 82.4 Å². The number of rotatable bonds is 9. The molecule has 0 spiro atoms. The second-order valence-corrected chi connectivity index (χ2v) is 16.1. The Morgan fingerprint density at radius 1 is 0.339 bits per heavy atom. The molecule has 0 unspecified atom stereocenters. The number of hydrogen-bond acceptors (Lipinski definition) is 9. The zero-order valence-electron chi connectivity index (χ0n) is 35.6. The van der Waals surface area contributed by atoms with Crippen LogP contribution in [-0.2, 0) is 20.7 Å². The van der Waals surface area contributed by atoms with E-state index in [4.69, 9.17) is 9.47 Å².